The van der Waals surface area contributed by atoms with Gasteiger partial charge in [0, 0.05) is 11.7 Å². The van der Waals surface area contributed by atoms with E-state index in [2.05, 4.69) is 34.7 Å². The molecule has 2 N–H and O–H groups in total. The molecule has 1 amide bonds. The van der Waals surface area contributed by atoms with Gasteiger partial charge in [0.2, 0.25) is 11.0 Å². The number of aromatic nitrogens is 2. The number of nitrogens with one attached hydrogen (secondary N) is 2. The van der Waals surface area contributed by atoms with Crippen molar-refractivity contribution in [2.75, 3.05) is 11.1 Å². The van der Waals surface area contributed by atoms with Crippen LogP contribution in [0, 0.1) is 0 Å². The number of unbranched alkanes of at least 4 members (excludes halogenated alkanes) is 2. The summed E-state index contributed by atoms with van der Waals surface area (Å²) in [4.78, 5) is 12.0. The van der Waals surface area contributed by atoms with Gasteiger partial charge in [-0.1, -0.05) is 67.5 Å². The SMILES string of the molecule is CCCCC[C@H](C)NC(=O)CSc1nnc(Nc2ccccc2)s1. The zero-order valence-corrected chi connectivity index (χ0v) is 15.8. The Bertz CT molecular complexity index is 618. The van der Waals surface area contributed by atoms with Crippen molar-refractivity contribution in [3.63, 3.8) is 0 Å². The molecule has 0 radical (unpaired) electrons. The summed E-state index contributed by atoms with van der Waals surface area (Å²) in [5.74, 6) is 0.426. The fourth-order valence-electron chi connectivity index (χ4n) is 2.18. The second-order valence-electron chi connectivity index (χ2n) is 5.62. The van der Waals surface area contributed by atoms with Crippen LogP contribution in [0.15, 0.2) is 34.7 Å². The number of nitrogens with zero attached hydrogens (tertiary/aromatic N) is 2. The number of carbonyl (C=O) groups is 1. The number of hydrogen-bond donors (Lipinski definition) is 2. The van der Waals surface area contributed by atoms with E-state index >= 15 is 0 Å². The van der Waals surface area contributed by atoms with Gasteiger partial charge in [0.1, 0.15) is 0 Å². The molecule has 0 fully saturated rings. The summed E-state index contributed by atoms with van der Waals surface area (Å²) in [5, 5.41) is 15.2. The number of rotatable bonds is 10. The van der Waals surface area contributed by atoms with Gasteiger partial charge in [-0.05, 0) is 25.5 Å². The normalized spacial score (nSPS) is 11.9. The minimum Gasteiger partial charge on any atom is -0.353 e. The van der Waals surface area contributed by atoms with Gasteiger partial charge in [0.25, 0.3) is 0 Å². The maximum absolute atomic E-state index is 12.0. The molecule has 0 bridgehead atoms. The number of hydrogen-bond acceptors (Lipinski definition) is 6. The molecule has 5 nitrogen and oxygen atoms in total. The Morgan fingerprint density at radius 2 is 2.04 bits per heavy atom. The maximum atomic E-state index is 12.0. The van der Waals surface area contributed by atoms with Gasteiger partial charge in [-0.3, -0.25) is 4.79 Å². The number of benzene rings is 1. The predicted molar refractivity (Wildman–Crippen MR) is 102 cm³/mol. The smallest absolute Gasteiger partial charge is 0.230 e. The molecule has 0 unspecified atom stereocenters. The van der Waals surface area contributed by atoms with Crippen molar-refractivity contribution in [1.82, 2.24) is 15.5 Å². The number of thioether (sulfide) groups is 1. The summed E-state index contributed by atoms with van der Waals surface area (Å²) in [5.41, 5.74) is 0.976. The molecule has 0 aliphatic heterocycles. The van der Waals surface area contributed by atoms with Crippen LogP contribution in [0.2, 0.25) is 0 Å². The third kappa shape index (κ3) is 6.88. The third-order valence-electron chi connectivity index (χ3n) is 3.41. The summed E-state index contributed by atoms with van der Waals surface area (Å²) in [6.07, 6.45) is 4.62. The topological polar surface area (TPSA) is 66.9 Å². The first-order chi connectivity index (χ1) is 11.7. The molecule has 0 saturated heterocycles. The van der Waals surface area contributed by atoms with E-state index in [9.17, 15) is 4.79 Å². The molecule has 7 heteroatoms. The lowest BCUT2D eigenvalue weighted by atomic mass is 10.1. The third-order valence-corrected chi connectivity index (χ3v) is 5.38. The number of carbonyl (C=O) groups excluding carboxylic acids is 1. The fourth-order valence-corrected chi connectivity index (χ4v) is 3.76. The van der Waals surface area contributed by atoms with E-state index in [1.165, 1.54) is 35.9 Å². The van der Waals surface area contributed by atoms with Crippen LogP contribution in [0.4, 0.5) is 10.8 Å². The van der Waals surface area contributed by atoms with Gasteiger partial charge in [0.15, 0.2) is 4.34 Å². The predicted octanol–water partition coefficient (Wildman–Crippen LogP) is 4.46. The van der Waals surface area contributed by atoms with Crippen molar-refractivity contribution < 1.29 is 4.79 Å². The maximum Gasteiger partial charge on any atom is 0.230 e. The van der Waals surface area contributed by atoms with Crippen molar-refractivity contribution in [1.29, 1.82) is 0 Å². The van der Waals surface area contributed by atoms with Gasteiger partial charge in [-0.15, -0.1) is 10.2 Å². The van der Waals surface area contributed by atoms with E-state index < -0.39 is 0 Å². The minimum absolute atomic E-state index is 0.0526. The average molecular weight is 365 g/mol. The first-order valence-corrected chi connectivity index (χ1v) is 10.1. The molecule has 0 saturated carbocycles. The lowest BCUT2D eigenvalue weighted by molar-refractivity contribution is -0.119. The van der Waals surface area contributed by atoms with E-state index in [0.717, 1.165) is 28.0 Å². The quantitative estimate of drug-likeness (QED) is 0.481. The lowest BCUT2D eigenvalue weighted by Gasteiger charge is -2.12. The highest BCUT2D eigenvalue weighted by Crippen LogP contribution is 2.27. The van der Waals surface area contributed by atoms with E-state index in [4.69, 9.17) is 0 Å². The van der Waals surface area contributed by atoms with E-state index in [1.54, 1.807) is 0 Å². The first kappa shape index (κ1) is 18.7. The van der Waals surface area contributed by atoms with Crippen LogP contribution in [-0.4, -0.2) is 27.9 Å². The van der Waals surface area contributed by atoms with Crippen LogP contribution < -0.4 is 10.6 Å². The van der Waals surface area contributed by atoms with Crippen LogP contribution in [0.5, 0.6) is 0 Å². The van der Waals surface area contributed by atoms with Gasteiger partial charge >= 0.3 is 0 Å². The number of para-hydroxylation sites is 1. The second-order valence-corrected chi connectivity index (χ2v) is 7.82. The Hall–Kier alpha value is -1.60. The van der Waals surface area contributed by atoms with Crippen molar-refractivity contribution in [2.45, 2.75) is 49.9 Å². The van der Waals surface area contributed by atoms with Crippen molar-refractivity contribution >= 4 is 39.8 Å². The van der Waals surface area contributed by atoms with Gasteiger partial charge in [-0.25, -0.2) is 0 Å². The first-order valence-electron chi connectivity index (χ1n) is 8.25. The van der Waals surface area contributed by atoms with Crippen molar-refractivity contribution in [2.24, 2.45) is 0 Å². The molecule has 0 aliphatic carbocycles. The summed E-state index contributed by atoms with van der Waals surface area (Å²) in [6, 6.07) is 10.1. The molecule has 1 heterocycles. The Balaban J connectivity index is 1.71. The molecule has 1 atom stereocenters. The Morgan fingerprint density at radius 3 is 2.79 bits per heavy atom. The van der Waals surface area contributed by atoms with Crippen molar-refractivity contribution in [3.05, 3.63) is 30.3 Å². The summed E-state index contributed by atoms with van der Waals surface area (Å²) in [6.45, 7) is 4.24. The van der Waals surface area contributed by atoms with Gasteiger partial charge in [0.05, 0.1) is 5.75 Å². The molecule has 2 rings (SSSR count). The number of anilines is 2. The van der Waals surface area contributed by atoms with E-state index in [-0.39, 0.29) is 11.9 Å². The largest absolute Gasteiger partial charge is 0.353 e. The molecule has 24 heavy (non-hydrogen) atoms. The van der Waals surface area contributed by atoms with Gasteiger partial charge < -0.3 is 10.6 Å². The second kappa shape index (κ2) is 10.3. The molecule has 2 aromatic rings. The molecule has 0 aliphatic rings. The molecular formula is C17H24N4OS2. The summed E-state index contributed by atoms with van der Waals surface area (Å²) >= 11 is 2.88. The van der Waals surface area contributed by atoms with E-state index in [0.29, 0.717) is 5.75 Å². The van der Waals surface area contributed by atoms with Crippen LogP contribution >= 0.6 is 23.1 Å². The molecule has 1 aromatic carbocycles. The molecule has 130 valence electrons. The highest BCUT2D eigenvalue weighted by molar-refractivity contribution is 8.01. The van der Waals surface area contributed by atoms with Crippen molar-refractivity contribution in [3.8, 4) is 0 Å². The molecular weight excluding hydrogens is 340 g/mol. The van der Waals surface area contributed by atoms with Gasteiger partial charge in [-0.2, -0.15) is 0 Å². The highest BCUT2D eigenvalue weighted by atomic mass is 32.2. The molecule has 1 aromatic heterocycles. The Kier molecular flexibility index (Phi) is 8.04. The van der Waals surface area contributed by atoms with Crippen LogP contribution in [0.1, 0.15) is 39.5 Å². The Labute approximate surface area is 151 Å². The lowest BCUT2D eigenvalue weighted by Crippen LogP contribution is -2.33. The van der Waals surface area contributed by atoms with E-state index in [1.807, 2.05) is 30.3 Å². The standard InChI is InChI=1S/C17H24N4OS2/c1-3-4-6-9-13(2)18-15(22)12-23-17-21-20-16(24-17)19-14-10-7-5-8-11-14/h5,7-8,10-11,13H,3-4,6,9,12H2,1-2H3,(H,18,22)(H,19,20)/t13-/m0/s1. The zero-order valence-electron chi connectivity index (χ0n) is 14.1. The monoisotopic (exact) mass is 364 g/mol. The van der Waals surface area contributed by atoms with Crippen LogP contribution in [0.25, 0.3) is 0 Å². The fraction of sp³-hybridized carbons (Fsp3) is 0.471. The molecule has 0 spiro atoms. The summed E-state index contributed by atoms with van der Waals surface area (Å²) < 4.78 is 0.794. The van der Waals surface area contributed by atoms with Crippen LogP contribution in [0.3, 0.4) is 0 Å². The minimum atomic E-state index is 0.0526. The highest BCUT2D eigenvalue weighted by Gasteiger charge is 2.10. The summed E-state index contributed by atoms with van der Waals surface area (Å²) in [7, 11) is 0. The zero-order chi connectivity index (χ0) is 17.2. The van der Waals surface area contributed by atoms with Crippen LogP contribution in [-0.2, 0) is 4.79 Å². The Morgan fingerprint density at radius 1 is 1.25 bits per heavy atom. The number of amides is 1. The average Bonchev–Trinajstić information content (AvgIpc) is 3.01.